The number of carbonyl (C=O) groups is 1. The van der Waals surface area contributed by atoms with Crippen LogP contribution >= 0.6 is 0 Å². The maximum atomic E-state index is 11.6. The maximum Gasteiger partial charge on any atom is 0.240 e. The lowest BCUT2D eigenvalue weighted by Gasteiger charge is -2.07. The molecule has 0 radical (unpaired) electrons. The smallest absolute Gasteiger partial charge is 0.240 e. The van der Waals surface area contributed by atoms with Gasteiger partial charge in [-0.1, -0.05) is 48.5 Å². The fourth-order valence-electron chi connectivity index (χ4n) is 1.55. The summed E-state index contributed by atoms with van der Waals surface area (Å²) in [6.45, 7) is 0.543. The molecule has 98 valence electrons. The molecule has 2 N–H and O–H groups in total. The van der Waals surface area contributed by atoms with Crippen LogP contribution in [0.5, 0.6) is 0 Å². The Balaban J connectivity index is 1.65. The third kappa shape index (κ3) is 4.91. The molecule has 0 unspecified atom stereocenters. The Kier molecular flexibility index (Phi) is 5.10. The lowest BCUT2D eigenvalue weighted by atomic mass is 10.2. The van der Waals surface area contributed by atoms with Crippen molar-refractivity contribution in [1.82, 2.24) is 5.48 Å². The summed E-state index contributed by atoms with van der Waals surface area (Å²) in [5, 5.41) is 2.76. The Bertz CT molecular complexity index is 500. The standard InChI is InChI=1S/C15H16N2O2/c18-15(17-14-9-5-2-6-10-14)11-16-19-12-13-7-3-1-4-8-13/h1-10,16H,11-12H2,(H,17,18). The number of hydrogen-bond acceptors (Lipinski definition) is 3. The van der Waals surface area contributed by atoms with Crippen molar-refractivity contribution in [3.05, 3.63) is 66.2 Å². The number of hydroxylamine groups is 1. The van der Waals surface area contributed by atoms with Crippen molar-refractivity contribution in [2.75, 3.05) is 11.9 Å². The molecule has 0 fully saturated rings. The SMILES string of the molecule is O=C(CNOCc1ccccc1)Nc1ccccc1. The van der Waals surface area contributed by atoms with Gasteiger partial charge in [0.1, 0.15) is 6.54 Å². The van der Waals surface area contributed by atoms with Gasteiger partial charge in [-0.2, -0.15) is 5.48 Å². The van der Waals surface area contributed by atoms with Gasteiger partial charge in [-0.15, -0.1) is 0 Å². The van der Waals surface area contributed by atoms with Crippen molar-refractivity contribution in [3.63, 3.8) is 0 Å². The summed E-state index contributed by atoms with van der Waals surface area (Å²) < 4.78 is 0. The summed E-state index contributed by atoms with van der Waals surface area (Å²) >= 11 is 0. The van der Waals surface area contributed by atoms with Crippen LogP contribution in [0.15, 0.2) is 60.7 Å². The van der Waals surface area contributed by atoms with E-state index in [0.717, 1.165) is 11.3 Å². The molecule has 2 aromatic carbocycles. The number of carbonyl (C=O) groups excluding carboxylic acids is 1. The van der Waals surface area contributed by atoms with Crippen LogP contribution < -0.4 is 10.8 Å². The van der Waals surface area contributed by atoms with Crippen LogP contribution in [0.1, 0.15) is 5.56 Å². The van der Waals surface area contributed by atoms with Gasteiger partial charge in [0.15, 0.2) is 0 Å². The molecule has 2 aromatic rings. The molecular formula is C15H16N2O2. The van der Waals surface area contributed by atoms with E-state index in [4.69, 9.17) is 4.84 Å². The second kappa shape index (κ2) is 7.31. The second-order valence-corrected chi connectivity index (χ2v) is 4.01. The van der Waals surface area contributed by atoms with Crippen LogP contribution in [0.25, 0.3) is 0 Å². The highest BCUT2D eigenvalue weighted by Gasteiger charge is 2.01. The Labute approximate surface area is 112 Å². The van der Waals surface area contributed by atoms with Crippen molar-refractivity contribution in [1.29, 1.82) is 0 Å². The van der Waals surface area contributed by atoms with Gasteiger partial charge in [0, 0.05) is 5.69 Å². The number of benzene rings is 2. The summed E-state index contributed by atoms with van der Waals surface area (Å²) in [4.78, 5) is 16.8. The predicted octanol–water partition coefficient (Wildman–Crippen LogP) is 2.35. The summed E-state index contributed by atoms with van der Waals surface area (Å²) in [6, 6.07) is 19.1. The molecule has 0 heterocycles. The van der Waals surface area contributed by atoms with Crippen molar-refractivity contribution < 1.29 is 9.63 Å². The Morgan fingerprint density at radius 2 is 1.58 bits per heavy atom. The first-order chi connectivity index (χ1) is 9.34. The van der Waals surface area contributed by atoms with Crippen LogP contribution in [-0.4, -0.2) is 12.5 Å². The van der Waals surface area contributed by atoms with Gasteiger partial charge < -0.3 is 5.32 Å². The molecule has 0 saturated carbocycles. The van der Waals surface area contributed by atoms with Crippen LogP contribution in [-0.2, 0) is 16.2 Å². The summed E-state index contributed by atoms with van der Waals surface area (Å²) in [7, 11) is 0. The van der Waals surface area contributed by atoms with Gasteiger partial charge in [0.25, 0.3) is 0 Å². The first-order valence-corrected chi connectivity index (χ1v) is 6.08. The fourth-order valence-corrected chi connectivity index (χ4v) is 1.55. The minimum Gasteiger partial charge on any atom is -0.325 e. The van der Waals surface area contributed by atoms with E-state index >= 15 is 0 Å². The first kappa shape index (κ1) is 13.3. The van der Waals surface area contributed by atoms with E-state index in [1.54, 1.807) is 0 Å². The van der Waals surface area contributed by atoms with Gasteiger partial charge in [-0.25, -0.2) is 0 Å². The molecule has 0 aliphatic carbocycles. The zero-order chi connectivity index (χ0) is 13.3. The zero-order valence-corrected chi connectivity index (χ0v) is 10.5. The molecular weight excluding hydrogens is 240 g/mol. The molecule has 4 heteroatoms. The number of rotatable bonds is 6. The monoisotopic (exact) mass is 256 g/mol. The lowest BCUT2D eigenvalue weighted by Crippen LogP contribution is -2.28. The van der Waals surface area contributed by atoms with Gasteiger partial charge in [-0.05, 0) is 17.7 Å². The highest BCUT2D eigenvalue weighted by molar-refractivity contribution is 5.92. The molecule has 1 amide bonds. The van der Waals surface area contributed by atoms with Crippen molar-refractivity contribution >= 4 is 11.6 Å². The molecule has 0 spiro atoms. The minimum atomic E-state index is -0.140. The van der Waals surface area contributed by atoms with Crippen molar-refractivity contribution in [2.45, 2.75) is 6.61 Å². The molecule has 4 nitrogen and oxygen atoms in total. The Morgan fingerprint density at radius 1 is 0.947 bits per heavy atom. The quantitative estimate of drug-likeness (QED) is 0.616. The molecule has 0 aliphatic rings. The first-order valence-electron chi connectivity index (χ1n) is 6.08. The Hall–Kier alpha value is -2.17. The minimum absolute atomic E-state index is 0.113. The molecule has 0 bridgehead atoms. The van der Waals surface area contributed by atoms with Gasteiger partial charge in [0.05, 0.1) is 6.61 Å². The van der Waals surface area contributed by atoms with E-state index in [9.17, 15) is 4.79 Å². The normalized spacial score (nSPS) is 10.1. The highest BCUT2D eigenvalue weighted by atomic mass is 16.6. The Morgan fingerprint density at radius 3 is 2.26 bits per heavy atom. The van der Waals surface area contributed by atoms with E-state index in [1.807, 2.05) is 60.7 Å². The lowest BCUT2D eigenvalue weighted by molar-refractivity contribution is -0.118. The van der Waals surface area contributed by atoms with E-state index in [0.29, 0.717) is 6.61 Å². The fraction of sp³-hybridized carbons (Fsp3) is 0.133. The van der Waals surface area contributed by atoms with Gasteiger partial charge in [-0.3, -0.25) is 9.63 Å². The molecule has 2 rings (SSSR count). The van der Waals surface area contributed by atoms with Gasteiger partial charge >= 0.3 is 0 Å². The predicted molar refractivity (Wildman–Crippen MR) is 74.3 cm³/mol. The van der Waals surface area contributed by atoms with E-state index < -0.39 is 0 Å². The average Bonchev–Trinajstić information content (AvgIpc) is 2.46. The summed E-state index contributed by atoms with van der Waals surface area (Å²) in [5.41, 5.74) is 4.47. The second-order valence-electron chi connectivity index (χ2n) is 4.01. The topological polar surface area (TPSA) is 50.4 Å². The highest BCUT2D eigenvalue weighted by Crippen LogP contribution is 2.04. The van der Waals surface area contributed by atoms with E-state index in [2.05, 4.69) is 10.8 Å². The number of anilines is 1. The summed E-state index contributed by atoms with van der Waals surface area (Å²) in [5.74, 6) is -0.140. The molecule has 19 heavy (non-hydrogen) atoms. The molecule has 0 saturated heterocycles. The largest absolute Gasteiger partial charge is 0.325 e. The summed E-state index contributed by atoms with van der Waals surface area (Å²) in [6.07, 6.45) is 0. The van der Waals surface area contributed by atoms with Crippen LogP contribution in [0.4, 0.5) is 5.69 Å². The van der Waals surface area contributed by atoms with Gasteiger partial charge in [0.2, 0.25) is 5.91 Å². The third-order valence-electron chi connectivity index (χ3n) is 2.47. The average molecular weight is 256 g/mol. The number of hydrogen-bond donors (Lipinski definition) is 2. The van der Waals surface area contributed by atoms with Crippen LogP contribution in [0.2, 0.25) is 0 Å². The number of nitrogens with one attached hydrogen (secondary N) is 2. The maximum absolute atomic E-state index is 11.6. The van der Waals surface area contributed by atoms with Crippen LogP contribution in [0.3, 0.4) is 0 Å². The molecule has 0 aliphatic heterocycles. The van der Waals surface area contributed by atoms with E-state index in [1.165, 1.54) is 0 Å². The van der Waals surface area contributed by atoms with Crippen LogP contribution in [0, 0.1) is 0 Å². The molecule has 0 atom stereocenters. The molecule has 0 aromatic heterocycles. The number of amides is 1. The van der Waals surface area contributed by atoms with E-state index in [-0.39, 0.29) is 12.5 Å². The zero-order valence-electron chi connectivity index (χ0n) is 10.5. The third-order valence-corrected chi connectivity index (χ3v) is 2.47. The van der Waals surface area contributed by atoms with Crippen molar-refractivity contribution in [3.8, 4) is 0 Å². The van der Waals surface area contributed by atoms with Crippen molar-refractivity contribution in [2.24, 2.45) is 0 Å². The number of para-hydroxylation sites is 1.